The quantitative estimate of drug-likeness (QED) is 0.414. The predicted octanol–water partition coefficient (Wildman–Crippen LogP) is 4.22. The first-order valence-electron chi connectivity index (χ1n) is 8.96. The van der Waals surface area contributed by atoms with Crippen LogP contribution < -0.4 is 9.47 Å². The normalized spacial score (nSPS) is 14.7. The van der Waals surface area contributed by atoms with Gasteiger partial charge >= 0.3 is 5.97 Å². The Bertz CT molecular complexity index is 850. The molecule has 2 aromatic carbocycles. The maximum absolute atomic E-state index is 11.8. The molecule has 0 radical (unpaired) electrons. The van der Waals surface area contributed by atoms with Gasteiger partial charge in [0, 0.05) is 12.7 Å². The van der Waals surface area contributed by atoms with E-state index in [4.69, 9.17) is 18.9 Å². The van der Waals surface area contributed by atoms with E-state index in [0.29, 0.717) is 22.6 Å². The molecule has 3 rings (SSSR count). The molecule has 1 atom stereocenters. The van der Waals surface area contributed by atoms with Crippen LogP contribution in [0, 0.1) is 0 Å². The third-order valence-electron chi connectivity index (χ3n) is 4.12. The van der Waals surface area contributed by atoms with E-state index in [-0.39, 0.29) is 6.10 Å². The Balaban J connectivity index is 0.000000253. The Morgan fingerprint density at radius 1 is 0.931 bits per heavy atom. The van der Waals surface area contributed by atoms with Crippen molar-refractivity contribution in [2.24, 2.45) is 0 Å². The monoisotopic (exact) mass is 396 g/mol. The number of rotatable bonds is 6. The van der Waals surface area contributed by atoms with Crippen molar-refractivity contribution in [2.45, 2.75) is 12.5 Å². The molecule has 1 aliphatic carbocycles. The van der Waals surface area contributed by atoms with Crippen LogP contribution in [0.5, 0.6) is 11.5 Å². The molecule has 0 spiro atoms. The summed E-state index contributed by atoms with van der Waals surface area (Å²) < 4.78 is 20.3. The summed E-state index contributed by atoms with van der Waals surface area (Å²) >= 11 is 0. The van der Waals surface area contributed by atoms with E-state index in [1.807, 2.05) is 18.2 Å². The Hall–Kier alpha value is -3.38. The third-order valence-corrected chi connectivity index (χ3v) is 4.12. The van der Waals surface area contributed by atoms with Gasteiger partial charge in [-0.1, -0.05) is 6.08 Å². The number of hydrogen-bond donors (Lipinski definition) is 0. The van der Waals surface area contributed by atoms with Crippen LogP contribution in [0.25, 0.3) is 0 Å². The second-order valence-corrected chi connectivity index (χ2v) is 5.98. The van der Waals surface area contributed by atoms with Crippen LogP contribution in [0.3, 0.4) is 0 Å². The Morgan fingerprint density at radius 2 is 1.59 bits per heavy atom. The first kappa shape index (κ1) is 21.9. The molecule has 0 fully saturated rings. The van der Waals surface area contributed by atoms with Gasteiger partial charge in [-0.25, -0.2) is 4.79 Å². The van der Waals surface area contributed by atoms with Gasteiger partial charge in [0.25, 0.3) is 0 Å². The lowest BCUT2D eigenvalue weighted by molar-refractivity contribution is 0.0734. The minimum absolute atomic E-state index is 0.235. The molecule has 0 saturated heterocycles. The fourth-order valence-electron chi connectivity index (χ4n) is 2.41. The van der Waals surface area contributed by atoms with Crippen molar-refractivity contribution in [3.8, 4) is 11.5 Å². The van der Waals surface area contributed by atoms with Crippen LogP contribution in [0.4, 0.5) is 0 Å². The summed E-state index contributed by atoms with van der Waals surface area (Å²) in [4.78, 5) is 22.3. The van der Waals surface area contributed by atoms with Crippen molar-refractivity contribution in [3.05, 3.63) is 83.6 Å². The van der Waals surface area contributed by atoms with Gasteiger partial charge in [-0.2, -0.15) is 0 Å². The van der Waals surface area contributed by atoms with Crippen LogP contribution in [0.15, 0.2) is 72.5 Å². The van der Waals surface area contributed by atoms with Gasteiger partial charge in [0.1, 0.15) is 23.5 Å². The molecule has 0 aromatic heterocycles. The fourth-order valence-corrected chi connectivity index (χ4v) is 2.41. The topological polar surface area (TPSA) is 71.1 Å². The van der Waals surface area contributed by atoms with Gasteiger partial charge in [0.05, 0.1) is 25.9 Å². The molecule has 29 heavy (non-hydrogen) atoms. The van der Waals surface area contributed by atoms with E-state index < -0.39 is 5.97 Å². The number of esters is 1. The Labute approximate surface area is 170 Å². The van der Waals surface area contributed by atoms with E-state index in [9.17, 15) is 9.59 Å². The average Bonchev–Trinajstić information content (AvgIpc) is 2.80. The van der Waals surface area contributed by atoms with Crippen molar-refractivity contribution >= 4 is 12.3 Å². The van der Waals surface area contributed by atoms with Crippen LogP contribution in [0.1, 0.15) is 27.1 Å². The molecule has 2 aromatic rings. The van der Waals surface area contributed by atoms with Gasteiger partial charge in [-0.3, -0.25) is 4.79 Å². The lowest BCUT2D eigenvalue weighted by atomic mass is 10.1. The van der Waals surface area contributed by atoms with Crippen molar-refractivity contribution in [1.82, 2.24) is 0 Å². The van der Waals surface area contributed by atoms with Gasteiger partial charge < -0.3 is 18.9 Å². The molecule has 1 aliphatic rings. The molecule has 0 amide bonds. The summed E-state index contributed by atoms with van der Waals surface area (Å²) in [6, 6.07) is 12.9. The zero-order valence-corrected chi connectivity index (χ0v) is 16.7. The molecule has 0 aliphatic heterocycles. The van der Waals surface area contributed by atoms with Gasteiger partial charge in [0.2, 0.25) is 0 Å². The van der Waals surface area contributed by atoms with Crippen LogP contribution in [-0.2, 0) is 9.47 Å². The summed E-state index contributed by atoms with van der Waals surface area (Å²) in [5, 5.41) is 0. The van der Waals surface area contributed by atoms with Crippen LogP contribution in [0.2, 0.25) is 0 Å². The highest BCUT2D eigenvalue weighted by atomic mass is 16.5. The number of carbonyl (C=O) groups excluding carboxylic acids is 2. The first-order chi connectivity index (χ1) is 14.1. The lowest BCUT2D eigenvalue weighted by Crippen LogP contribution is -2.08. The standard InChI is InChI=1S/C15H12O4.C8H12O2/c1-18-13-8-4-12(5-9-13)15(17)19-14-6-2-11(10-16)3-7-14;1-9-7-3-5-8(10-2)6-4-7/h2-10H,1H3;3-5,8H,6H2,1-2H3. The number of methoxy groups -OCH3 is 3. The van der Waals surface area contributed by atoms with Crippen molar-refractivity contribution in [3.63, 3.8) is 0 Å². The highest BCUT2D eigenvalue weighted by Crippen LogP contribution is 2.16. The molecule has 6 heteroatoms. The Morgan fingerprint density at radius 3 is 2.07 bits per heavy atom. The van der Waals surface area contributed by atoms with Gasteiger partial charge in [-0.15, -0.1) is 0 Å². The van der Waals surface area contributed by atoms with E-state index in [1.165, 1.54) is 0 Å². The van der Waals surface area contributed by atoms with Crippen LogP contribution >= 0.6 is 0 Å². The molecule has 0 saturated carbocycles. The van der Waals surface area contributed by atoms with Crippen molar-refractivity contribution in [2.75, 3.05) is 21.3 Å². The van der Waals surface area contributed by atoms with Crippen LogP contribution in [-0.4, -0.2) is 39.7 Å². The molecule has 0 bridgehead atoms. The maximum Gasteiger partial charge on any atom is 0.343 e. The number of carbonyl (C=O) groups is 2. The average molecular weight is 396 g/mol. The van der Waals surface area contributed by atoms with E-state index in [0.717, 1.165) is 18.5 Å². The second kappa shape index (κ2) is 11.5. The SMILES string of the molecule is COC1=CCC(OC)C=C1.COc1ccc(C(=O)Oc2ccc(C=O)cc2)cc1. The number of benzene rings is 2. The number of allylic oxidation sites excluding steroid dienone is 1. The number of ether oxygens (including phenoxy) is 4. The predicted molar refractivity (Wildman–Crippen MR) is 109 cm³/mol. The number of hydrogen-bond acceptors (Lipinski definition) is 6. The molecular formula is C23H24O6. The molecule has 152 valence electrons. The molecule has 1 unspecified atom stereocenters. The Kier molecular flexibility index (Phi) is 8.66. The lowest BCUT2D eigenvalue weighted by Gasteiger charge is -2.13. The number of aldehydes is 1. The highest BCUT2D eigenvalue weighted by Gasteiger charge is 2.08. The summed E-state index contributed by atoms with van der Waals surface area (Å²) in [6.07, 6.45) is 7.83. The molecular weight excluding hydrogens is 372 g/mol. The first-order valence-corrected chi connectivity index (χ1v) is 8.96. The third kappa shape index (κ3) is 6.93. The van der Waals surface area contributed by atoms with Gasteiger partial charge in [0.15, 0.2) is 0 Å². The minimum atomic E-state index is -0.457. The second-order valence-electron chi connectivity index (χ2n) is 5.98. The summed E-state index contributed by atoms with van der Waals surface area (Å²) in [6.45, 7) is 0. The molecule has 0 N–H and O–H groups in total. The minimum Gasteiger partial charge on any atom is -0.497 e. The van der Waals surface area contributed by atoms with E-state index in [1.54, 1.807) is 69.9 Å². The maximum atomic E-state index is 11.8. The smallest absolute Gasteiger partial charge is 0.343 e. The van der Waals surface area contributed by atoms with Crippen molar-refractivity contribution < 1.29 is 28.5 Å². The van der Waals surface area contributed by atoms with E-state index >= 15 is 0 Å². The molecule has 6 nitrogen and oxygen atoms in total. The zero-order valence-electron chi connectivity index (χ0n) is 16.7. The highest BCUT2D eigenvalue weighted by molar-refractivity contribution is 5.91. The zero-order chi connectivity index (χ0) is 21.1. The van der Waals surface area contributed by atoms with E-state index in [2.05, 4.69) is 0 Å². The van der Waals surface area contributed by atoms with Crippen molar-refractivity contribution in [1.29, 1.82) is 0 Å². The summed E-state index contributed by atoms with van der Waals surface area (Å²) in [7, 11) is 4.94. The molecule has 0 heterocycles. The summed E-state index contributed by atoms with van der Waals surface area (Å²) in [5.74, 6) is 1.54. The fraction of sp³-hybridized carbons (Fsp3) is 0.217. The van der Waals surface area contributed by atoms with Gasteiger partial charge in [-0.05, 0) is 67.1 Å². The summed E-state index contributed by atoms with van der Waals surface area (Å²) in [5.41, 5.74) is 0.963. The largest absolute Gasteiger partial charge is 0.497 e.